The van der Waals surface area contributed by atoms with Crippen LogP contribution in [-0.4, -0.2) is 29.6 Å². The Morgan fingerprint density at radius 1 is 0.700 bits per heavy atom. The average Bonchev–Trinajstić information content (AvgIpc) is 2.73. The number of carboxylic acid groups (broad SMARTS) is 1. The fourth-order valence-corrected chi connectivity index (χ4v) is 3.86. The Hall–Kier alpha value is -1.10. The number of hydrogen-bond donors (Lipinski definition) is 3. The van der Waals surface area contributed by atoms with E-state index in [2.05, 4.69) is 12.2 Å². The number of nitrogens with one attached hydrogen (secondary N) is 1. The molecule has 0 saturated heterocycles. The standard InChI is InChI=1S/C25H50N2O3/c1-2-3-4-5-6-7-8-9-10-11-12-13-14-15-16-17-18-21-24(28)27-23(25(29)30)20-19-22-26/h23H,2-22,26H2,1H3,(H,27,28)(H,29,30)/t23-/m0/s1. The Bertz CT molecular complexity index is 402. The first-order chi connectivity index (χ1) is 14.6. The van der Waals surface area contributed by atoms with Crippen LogP contribution in [-0.2, 0) is 9.59 Å². The molecule has 5 nitrogen and oxygen atoms in total. The SMILES string of the molecule is CCCCCCCCCCCCCCCCCCCC(=O)N[C@@H](CCCN)C(=O)O. The molecule has 0 aromatic rings. The van der Waals surface area contributed by atoms with Crippen molar-refractivity contribution in [2.75, 3.05) is 6.54 Å². The maximum atomic E-state index is 11.9. The van der Waals surface area contributed by atoms with E-state index in [1.54, 1.807) is 0 Å². The van der Waals surface area contributed by atoms with Gasteiger partial charge in [-0.25, -0.2) is 4.79 Å². The zero-order chi connectivity index (χ0) is 22.3. The van der Waals surface area contributed by atoms with Crippen LogP contribution >= 0.6 is 0 Å². The van der Waals surface area contributed by atoms with Gasteiger partial charge in [-0.2, -0.15) is 0 Å². The Kier molecular flexibility index (Phi) is 21.8. The van der Waals surface area contributed by atoms with Crippen molar-refractivity contribution in [2.45, 2.75) is 141 Å². The molecule has 0 aromatic heterocycles. The molecule has 0 aliphatic rings. The Morgan fingerprint density at radius 2 is 1.10 bits per heavy atom. The number of rotatable bonds is 23. The molecule has 0 heterocycles. The third-order valence-electron chi connectivity index (χ3n) is 5.84. The number of amides is 1. The zero-order valence-corrected chi connectivity index (χ0v) is 19.8. The van der Waals surface area contributed by atoms with Crippen molar-refractivity contribution < 1.29 is 14.7 Å². The van der Waals surface area contributed by atoms with Crippen LogP contribution in [0.4, 0.5) is 0 Å². The summed E-state index contributed by atoms with van der Waals surface area (Å²) >= 11 is 0. The highest BCUT2D eigenvalue weighted by Crippen LogP contribution is 2.14. The molecule has 0 aliphatic heterocycles. The normalized spacial score (nSPS) is 12.1. The van der Waals surface area contributed by atoms with Crippen molar-refractivity contribution in [3.05, 3.63) is 0 Å². The summed E-state index contributed by atoms with van der Waals surface area (Å²) in [6, 6.07) is -0.799. The molecule has 1 amide bonds. The first-order valence-corrected chi connectivity index (χ1v) is 12.8. The van der Waals surface area contributed by atoms with Crippen molar-refractivity contribution in [1.29, 1.82) is 0 Å². The van der Waals surface area contributed by atoms with Gasteiger partial charge in [0.05, 0.1) is 0 Å². The average molecular weight is 427 g/mol. The maximum absolute atomic E-state index is 11.9. The molecule has 0 rings (SSSR count). The number of carbonyl (C=O) groups excluding carboxylic acids is 1. The molecule has 0 aliphatic carbocycles. The molecular weight excluding hydrogens is 376 g/mol. The summed E-state index contributed by atoms with van der Waals surface area (Å²) in [4.78, 5) is 23.0. The van der Waals surface area contributed by atoms with Crippen molar-refractivity contribution in [2.24, 2.45) is 5.73 Å². The third-order valence-corrected chi connectivity index (χ3v) is 5.84. The topological polar surface area (TPSA) is 92.4 Å². The second-order valence-corrected chi connectivity index (χ2v) is 8.80. The van der Waals surface area contributed by atoms with Crippen LogP contribution in [0.15, 0.2) is 0 Å². The lowest BCUT2D eigenvalue weighted by atomic mass is 10.0. The van der Waals surface area contributed by atoms with Gasteiger partial charge in [0.25, 0.3) is 0 Å². The predicted octanol–water partition coefficient (Wildman–Crippen LogP) is 6.34. The van der Waals surface area contributed by atoms with Crippen molar-refractivity contribution in [3.63, 3.8) is 0 Å². The van der Waals surface area contributed by atoms with Crippen LogP contribution < -0.4 is 11.1 Å². The van der Waals surface area contributed by atoms with Gasteiger partial charge in [0, 0.05) is 6.42 Å². The molecule has 178 valence electrons. The number of unbranched alkanes of at least 4 members (excludes halogenated alkanes) is 16. The quantitative estimate of drug-likeness (QED) is 0.166. The first kappa shape index (κ1) is 28.9. The molecule has 0 saturated carbocycles. The van der Waals surface area contributed by atoms with Gasteiger partial charge >= 0.3 is 5.97 Å². The van der Waals surface area contributed by atoms with Gasteiger partial charge in [-0.3, -0.25) is 4.79 Å². The van der Waals surface area contributed by atoms with Crippen LogP contribution in [0.2, 0.25) is 0 Å². The second kappa shape index (κ2) is 22.6. The van der Waals surface area contributed by atoms with Crippen molar-refractivity contribution in [1.82, 2.24) is 5.32 Å². The van der Waals surface area contributed by atoms with E-state index in [9.17, 15) is 9.59 Å². The molecule has 4 N–H and O–H groups in total. The molecule has 0 fully saturated rings. The molecule has 30 heavy (non-hydrogen) atoms. The smallest absolute Gasteiger partial charge is 0.326 e. The van der Waals surface area contributed by atoms with Gasteiger partial charge in [-0.1, -0.05) is 110 Å². The van der Waals surface area contributed by atoms with E-state index in [0.29, 0.717) is 25.8 Å². The summed E-state index contributed by atoms with van der Waals surface area (Å²) in [5.74, 6) is -1.13. The highest BCUT2D eigenvalue weighted by molar-refractivity contribution is 5.83. The Morgan fingerprint density at radius 3 is 1.47 bits per heavy atom. The molecule has 0 bridgehead atoms. The maximum Gasteiger partial charge on any atom is 0.326 e. The fourth-order valence-electron chi connectivity index (χ4n) is 3.86. The molecule has 0 spiro atoms. The largest absolute Gasteiger partial charge is 0.480 e. The van der Waals surface area contributed by atoms with Crippen LogP contribution in [0.1, 0.15) is 135 Å². The monoisotopic (exact) mass is 426 g/mol. The van der Waals surface area contributed by atoms with E-state index in [4.69, 9.17) is 10.8 Å². The molecular formula is C25H50N2O3. The minimum atomic E-state index is -0.973. The van der Waals surface area contributed by atoms with E-state index < -0.39 is 12.0 Å². The van der Waals surface area contributed by atoms with Gasteiger partial charge < -0.3 is 16.2 Å². The number of carboxylic acids is 1. The lowest BCUT2D eigenvalue weighted by Crippen LogP contribution is -2.40. The van der Waals surface area contributed by atoms with Crippen LogP contribution in [0.25, 0.3) is 0 Å². The summed E-state index contributed by atoms with van der Waals surface area (Å²) < 4.78 is 0. The Balaban J connectivity index is 3.34. The third kappa shape index (κ3) is 20.2. The highest BCUT2D eigenvalue weighted by Gasteiger charge is 2.18. The molecule has 5 heteroatoms. The van der Waals surface area contributed by atoms with E-state index >= 15 is 0 Å². The predicted molar refractivity (Wildman–Crippen MR) is 127 cm³/mol. The lowest BCUT2D eigenvalue weighted by Gasteiger charge is -2.13. The Labute approximate surface area is 186 Å². The molecule has 1 atom stereocenters. The minimum absolute atomic E-state index is 0.152. The lowest BCUT2D eigenvalue weighted by molar-refractivity contribution is -0.142. The fraction of sp³-hybridized carbons (Fsp3) is 0.920. The van der Waals surface area contributed by atoms with Gasteiger partial charge in [0.15, 0.2) is 0 Å². The van der Waals surface area contributed by atoms with Gasteiger partial charge in [0.1, 0.15) is 6.04 Å². The molecule has 0 aromatic carbocycles. The van der Waals surface area contributed by atoms with Crippen LogP contribution in [0.3, 0.4) is 0 Å². The van der Waals surface area contributed by atoms with Crippen LogP contribution in [0, 0.1) is 0 Å². The number of aliphatic carboxylic acids is 1. The van der Waals surface area contributed by atoms with E-state index in [1.807, 2.05) is 0 Å². The van der Waals surface area contributed by atoms with Crippen LogP contribution in [0.5, 0.6) is 0 Å². The second-order valence-electron chi connectivity index (χ2n) is 8.80. The number of hydrogen-bond acceptors (Lipinski definition) is 3. The van der Waals surface area contributed by atoms with E-state index in [0.717, 1.165) is 12.8 Å². The van der Waals surface area contributed by atoms with Crippen molar-refractivity contribution >= 4 is 11.9 Å². The van der Waals surface area contributed by atoms with Gasteiger partial charge in [-0.15, -0.1) is 0 Å². The summed E-state index contributed by atoms with van der Waals surface area (Å²) in [6.07, 6.45) is 23.7. The van der Waals surface area contributed by atoms with Gasteiger partial charge in [-0.05, 0) is 25.8 Å². The molecule has 0 unspecified atom stereocenters. The van der Waals surface area contributed by atoms with E-state index in [-0.39, 0.29) is 5.91 Å². The summed E-state index contributed by atoms with van der Waals surface area (Å²) in [7, 11) is 0. The minimum Gasteiger partial charge on any atom is -0.480 e. The van der Waals surface area contributed by atoms with E-state index in [1.165, 1.54) is 96.3 Å². The summed E-state index contributed by atoms with van der Waals surface area (Å²) in [5.41, 5.74) is 5.41. The van der Waals surface area contributed by atoms with Gasteiger partial charge in [0.2, 0.25) is 5.91 Å². The molecule has 0 radical (unpaired) electrons. The highest BCUT2D eigenvalue weighted by atomic mass is 16.4. The zero-order valence-electron chi connectivity index (χ0n) is 19.8. The number of carbonyl (C=O) groups is 2. The first-order valence-electron chi connectivity index (χ1n) is 12.8. The van der Waals surface area contributed by atoms with Crippen molar-refractivity contribution in [3.8, 4) is 0 Å². The summed E-state index contributed by atoms with van der Waals surface area (Å²) in [6.45, 7) is 2.71. The number of nitrogens with two attached hydrogens (primary N) is 1. The summed E-state index contributed by atoms with van der Waals surface area (Å²) in [5, 5.41) is 11.7.